The van der Waals surface area contributed by atoms with Crippen LogP contribution in [0, 0.1) is 13.8 Å². The molecule has 2 aromatic rings. The van der Waals surface area contributed by atoms with E-state index in [-0.39, 0.29) is 9.79 Å². The van der Waals surface area contributed by atoms with Gasteiger partial charge in [-0.2, -0.15) is 16.8 Å². The van der Waals surface area contributed by atoms with E-state index < -0.39 is 57.3 Å². The number of ether oxygens (including phenoxy) is 2. The molecule has 0 N–H and O–H groups in total. The standard InChI is InChI=1S/C23H29NO9S2/c1-15-6-10-18(11-7-15)34(26,27)31-14-20-21(24(4)17(3)25)22(23(30-5)32-20)33-35(28,29)19-12-8-16(2)9-13-19/h6-13,20-23H,14H2,1-5H3/t20-,21+,22-,23+/m0/s1. The van der Waals surface area contributed by atoms with Gasteiger partial charge in [0.1, 0.15) is 6.10 Å². The summed E-state index contributed by atoms with van der Waals surface area (Å²) >= 11 is 0. The molecule has 1 aliphatic heterocycles. The Labute approximate surface area is 206 Å². The molecule has 0 unspecified atom stereocenters. The largest absolute Gasteiger partial charge is 0.353 e. The smallest absolute Gasteiger partial charge is 0.297 e. The molecule has 0 bridgehead atoms. The van der Waals surface area contributed by atoms with Crippen LogP contribution in [0.3, 0.4) is 0 Å². The second kappa shape index (κ2) is 10.7. The van der Waals surface area contributed by atoms with Gasteiger partial charge in [0.05, 0.1) is 22.4 Å². The maximum atomic E-state index is 13.0. The molecule has 1 fully saturated rings. The van der Waals surface area contributed by atoms with Crippen molar-refractivity contribution in [2.24, 2.45) is 0 Å². The van der Waals surface area contributed by atoms with Gasteiger partial charge < -0.3 is 14.4 Å². The van der Waals surface area contributed by atoms with Crippen LogP contribution in [-0.2, 0) is 42.9 Å². The van der Waals surface area contributed by atoms with Gasteiger partial charge in [0, 0.05) is 21.1 Å². The van der Waals surface area contributed by atoms with Gasteiger partial charge in [0.2, 0.25) is 5.91 Å². The summed E-state index contributed by atoms with van der Waals surface area (Å²) in [6.45, 7) is 4.42. The summed E-state index contributed by atoms with van der Waals surface area (Å²) in [5.74, 6) is -0.414. The highest BCUT2D eigenvalue weighted by Crippen LogP contribution is 2.32. The van der Waals surface area contributed by atoms with Gasteiger partial charge >= 0.3 is 0 Å². The fourth-order valence-electron chi connectivity index (χ4n) is 3.65. The first-order chi connectivity index (χ1) is 16.4. The monoisotopic (exact) mass is 527 g/mol. The Hall–Kier alpha value is -2.35. The van der Waals surface area contributed by atoms with Crippen molar-refractivity contribution in [3.63, 3.8) is 0 Å². The van der Waals surface area contributed by atoms with E-state index in [2.05, 4.69) is 0 Å². The van der Waals surface area contributed by atoms with Crippen LogP contribution in [0.2, 0.25) is 0 Å². The molecule has 12 heteroatoms. The molecule has 1 amide bonds. The Bertz CT molecular complexity index is 1240. The maximum absolute atomic E-state index is 13.0. The zero-order chi connectivity index (χ0) is 26.0. The van der Waals surface area contributed by atoms with Gasteiger partial charge in [-0.25, -0.2) is 0 Å². The first-order valence-electron chi connectivity index (χ1n) is 10.7. The van der Waals surface area contributed by atoms with Crippen molar-refractivity contribution in [1.82, 2.24) is 4.90 Å². The number of carbonyl (C=O) groups excluding carboxylic acids is 1. The molecule has 0 saturated carbocycles. The summed E-state index contributed by atoms with van der Waals surface area (Å²) in [7, 11) is -5.68. The number of benzene rings is 2. The number of rotatable bonds is 9. The van der Waals surface area contributed by atoms with Crippen LogP contribution < -0.4 is 0 Å². The molecule has 0 spiro atoms. The number of likely N-dealkylation sites (N-methyl/N-ethyl adjacent to an activating group) is 1. The minimum Gasteiger partial charge on any atom is -0.353 e. The number of carbonyl (C=O) groups is 1. The summed E-state index contributed by atoms with van der Waals surface area (Å²) in [5.41, 5.74) is 1.74. The molecule has 1 heterocycles. The van der Waals surface area contributed by atoms with Crippen LogP contribution in [-0.4, -0.2) is 72.9 Å². The summed E-state index contributed by atoms with van der Waals surface area (Å²) < 4.78 is 73.0. The van der Waals surface area contributed by atoms with Gasteiger partial charge in [0.25, 0.3) is 20.2 Å². The van der Waals surface area contributed by atoms with E-state index in [0.717, 1.165) is 11.1 Å². The summed E-state index contributed by atoms with van der Waals surface area (Å²) in [5, 5.41) is 0. The second-order valence-electron chi connectivity index (χ2n) is 8.28. The molecule has 0 aliphatic carbocycles. The van der Waals surface area contributed by atoms with E-state index in [0.29, 0.717) is 0 Å². The Kier molecular flexibility index (Phi) is 8.35. The van der Waals surface area contributed by atoms with Crippen LogP contribution in [0.4, 0.5) is 0 Å². The van der Waals surface area contributed by atoms with E-state index >= 15 is 0 Å². The fourth-order valence-corrected chi connectivity index (χ4v) is 5.65. The van der Waals surface area contributed by atoms with E-state index in [1.165, 1.54) is 50.2 Å². The highest BCUT2D eigenvalue weighted by atomic mass is 32.2. The van der Waals surface area contributed by atoms with Crippen molar-refractivity contribution in [3.8, 4) is 0 Å². The number of methoxy groups -OCH3 is 1. The Morgan fingerprint density at radius 2 is 1.40 bits per heavy atom. The van der Waals surface area contributed by atoms with Gasteiger partial charge in [-0.15, -0.1) is 0 Å². The summed E-state index contributed by atoms with van der Waals surface area (Å²) in [6.07, 6.45) is -3.55. The first-order valence-corrected chi connectivity index (χ1v) is 13.5. The van der Waals surface area contributed by atoms with E-state index in [4.69, 9.17) is 17.8 Å². The second-order valence-corrected chi connectivity index (χ2v) is 11.5. The SMILES string of the molecule is CO[C@@H]1O[C@@H](COS(=O)(=O)c2ccc(C)cc2)[C@@H](N(C)C(C)=O)[C@@H]1OS(=O)(=O)c1ccc(C)cc1. The number of hydrogen-bond donors (Lipinski definition) is 0. The van der Waals surface area contributed by atoms with Crippen molar-refractivity contribution < 1.29 is 39.5 Å². The third-order valence-corrected chi connectivity index (χ3v) is 8.34. The van der Waals surface area contributed by atoms with Gasteiger partial charge in [-0.3, -0.25) is 13.2 Å². The molecule has 3 rings (SSSR count). The van der Waals surface area contributed by atoms with Crippen molar-refractivity contribution in [1.29, 1.82) is 0 Å². The highest BCUT2D eigenvalue weighted by Gasteiger charge is 2.51. The zero-order valence-electron chi connectivity index (χ0n) is 20.1. The normalized spacial score (nSPS) is 22.8. The molecular formula is C23H29NO9S2. The minimum atomic E-state index is -4.27. The predicted molar refractivity (Wildman–Crippen MR) is 125 cm³/mol. The van der Waals surface area contributed by atoms with Gasteiger partial charge in [-0.1, -0.05) is 35.4 Å². The zero-order valence-corrected chi connectivity index (χ0v) is 21.7. The Balaban J connectivity index is 1.87. The molecule has 1 saturated heterocycles. The lowest BCUT2D eigenvalue weighted by atomic mass is 10.1. The van der Waals surface area contributed by atoms with Crippen LogP contribution in [0.25, 0.3) is 0 Å². The third kappa shape index (κ3) is 6.26. The summed E-state index contributed by atoms with van der Waals surface area (Å²) in [6, 6.07) is 11.1. The highest BCUT2D eigenvalue weighted by molar-refractivity contribution is 7.87. The predicted octanol–water partition coefficient (Wildman–Crippen LogP) is 2.00. The van der Waals surface area contributed by atoms with Crippen LogP contribution >= 0.6 is 0 Å². The topological polar surface area (TPSA) is 126 Å². The maximum Gasteiger partial charge on any atom is 0.297 e. The molecule has 0 aromatic heterocycles. The molecular weight excluding hydrogens is 498 g/mol. The van der Waals surface area contributed by atoms with Crippen molar-refractivity contribution in [3.05, 3.63) is 59.7 Å². The van der Waals surface area contributed by atoms with Crippen LogP contribution in [0.15, 0.2) is 58.3 Å². The third-order valence-electron chi connectivity index (χ3n) is 5.72. The Morgan fingerprint density at radius 3 is 1.86 bits per heavy atom. The van der Waals surface area contributed by atoms with Gasteiger partial charge in [0.15, 0.2) is 12.4 Å². The number of amides is 1. The molecule has 192 valence electrons. The molecule has 0 radical (unpaired) electrons. The lowest BCUT2D eigenvalue weighted by molar-refractivity contribution is -0.146. The molecule has 10 nitrogen and oxygen atoms in total. The average Bonchev–Trinajstić information content (AvgIpc) is 3.14. The Morgan fingerprint density at radius 1 is 0.914 bits per heavy atom. The van der Waals surface area contributed by atoms with E-state index in [9.17, 15) is 21.6 Å². The number of nitrogens with zero attached hydrogens (tertiary/aromatic N) is 1. The molecule has 2 aromatic carbocycles. The van der Waals surface area contributed by atoms with Crippen LogP contribution in [0.1, 0.15) is 18.1 Å². The van der Waals surface area contributed by atoms with E-state index in [1.54, 1.807) is 24.3 Å². The van der Waals surface area contributed by atoms with E-state index in [1.807, 2.05) is 13.8 Å². The average molecular weight is 528 g/mol. The fraction of sp³-hybridized carbons (Fsp3) is 0.435. The lowest BCUT2D eigenvalue weighted by Crippen LogP contribution is -2.51. The number of aryl methyl sites for hydroxylation is 2. The number of hydrogen-bond acceptors (Lipinski definition) is 9. The van der Waals surface area contributed by atoms with Crippen molar-refractivity contribution in [2.45, 2.75) is 55.1 Å². The van der Waals surface area contributed by atoms with Gasteiger partial charge in [-0.05, 0) is 38.1 Å². The molecule has 1 aliphatic rings. The first kappa shape index (κ1) is 27.2. The van der Waals surface area contributed by atoms with Crippen LogP contribution in [0.5, 0.6) is 0 Å². The van der Waals surface area contributed by atoms with Crippen molar-refractivity contribution >= 4 is 26.1 Å². The minimum absolute atomic E-state index is 0.0457. The molecule has 4 atom stereocenters. The lowest BCUT2D eigenvalue weighted by Gasteiger charge is -2.31. The quantitative estimate of drug-likeness (QED) is 0.450. The molecule has 35 heavy (non-hydrogen) atoms. The summed E-state index contributed by atoms with van der Waals surface area (Å²) in [4.78, 5) is 13.3. The van der Waals surface area contributed by atoms with Crippen molar-refractivity contribution in [2.75, 3.05) is 20.8 Å².